The first-order valence-corrected chi connectivity index (χ1v) is 46.1. The average Bonchev–Trinajstić information content (AvgIpc) is 0.910. The molecule has 0 heterocycles. The molecule has 0 saturated carbocycles. The van der Waals surface area contributed by atoms with Gasteiger partial charge < -0.3 is 33.8 Å². The first-order chi connectivity index (χ1) is 49.5. The molecule has 3 N–H and O–H groups in total. The van der Waals surface area contributed by atoms with Gasteiger partial charge in [0.25, 0.3) is 0 Å². The topological polar surface area (TPSA) is 237 Å². The lowest BCUT2D eigenvalue weighted by molar-refractivity contribution is -0.161. The van der Waals surface area contributed by atoms with Crippen molar-refractivity contribution in [2.75, 3.05) is 39.6 Å². The number of rotatable bonds is 83. The molecule has 0 aromatic rings. The minimum Gasteiger partial charge on any atom is -0.462 e. The van der Waals surface area contributed by atoms with Crippen molar-refractivity contribution >= 4 is 39.5 Å². The highest BCUT2D eigenvalue weighted by molar-refractivity contribution is 7.47. The minimum absolute atomic E-state index is 0.109. The second-order valence-corrected chi connectivity index (χ2v) is 33.3. The van der Waals surface area contributed by atoms with Crippen molar-refractivity contribution in [3.63, 3.8) is 0 Å². The van der Waals surface area contributed by atoms with Gasteiger partial charge in [0, 0.05) is 25.7 Å². The van der Waals surface area contributed by atoms with Crippen LogP contribution >= 0.6 is 15.6 Å². The molecular weight excluding hydrogens is 1330 g/mol. The zero-order valence-corrected chi connectivity index (χ0v) is 68.5. The summed E-state index contributed by atoms with van der Waals surface area (Å²) >= 11 is 0. The summed E-state index contributed by atoms with van der Waals surface area (Å²) in [5.41, 5.74) is 0. The van der Waals surface area contributed by atoms with E-state index in [1.165, 1.54) is 270 Å². The van der Waals surface area contributed by atoms with E-state index in [1.54, 1.807) is 0 Å². The maximum Gasteiger partial charge on any atom is 0.472 e. The largest absolute Gasteiger partial charge is 0.472 e. The van der Waals surface area contributed by atoms with Crippen LogP contribution in [0.5, 0.6) is 0 Å². The lowest BCUT2D eigenvalue weighted by atomic mass is 10.0. The van der Waals surface area contributed by atoms with Crippen LogP contribution in [0.25, 0.3) is 0 Å². The second-order valence-electron chi connectivity index (χ2n) is 30.3. The normalized spacial score (nSPS) is 13.8. The van der Waals surface area contributed by atoms with Crippen molar-refractivity contribution in [3.05, 3.63) is 0 Å². The van der Waals surface area contributed by atoms with Gasteiger partial charge in [-0.1, -0.05) is 394 Å². The first-order valence-electron chi connectivity index (χ1n) is 43.1. The van der Waals surface area contributed by atoms with Crippen LogP contribution in [-0.2, 0) is 65.4 Å². The number of carbonyl (C=O) groups is 4. The van der Waals surface area contributed by atoms with E-state index in [0.717, 1.165) is 95.8 Å². The highest BCUT2D eigenvalue weighted by Crippen LogP contribution is 2.45. The summed E-state index contributed by atoms with van der Waals surface area (Å²) in [6.45, 7) is 7.38. The zero-order valence-electron chi connectivity index (χ0n) is 66.8. The van der Waals surface area contributed by atoms with E-state index >= 15 is 0 Å². The van der Waals surface area contributed by atoms with Gasteiger partial charge in [0.15, 0.2) is 12.2 Å². The van der Waals surface area contributed by atoms with Crippen LogP contribution in [0.1, 0.15) is 446 Å². The van der Waals surface area contributed by atoms with E-state index in [-0.39, 0.29) is 25.7 Å². The summed E-state index contributed by atoms with van der Waals surface area (Å²) in [5.74, 6) is -1.30. The van der Waals surface area contributed by atoms with Gasteiger partial charge in [0.2, 0.25) is 0 Å². The number of unbranched alkanes of at least 4 members (excludes halogenated alkanes) is 55. The highest BCUT2D eigenvalue weighted by Gasteiger charge is 2.30. The Balaban J connectivity index is 5.26. The molecule has 102 heavy (non-hydrogen) atoms. The Hall–Kier alpha value is -1.94. The molecule has 0 aliphatic heterocycles. The van der Waals surface area contributed by atoms with Gasteiger partial charge in [0.05, 0.1) is 26.4 Å². The average molecular weight is 1490 g/mol. The van der Waals surface area contributed by atoms with E-state index in [1.807, 2.05) is 0 Å². The van der Waals surface area contributed by atoms with Gasteiger partial charge >= 0.3 is 39.5 Å². The fourth-order valence-corrected chi connectivity index (χ4v) is 14.5. The van der Waals surface area contributed by atoms with E-state index in [4.69, 9.17) is 37.0 Å². The molecule has 0 rings (SSSR count). The van der Waals surface area contributed by atoms with Gasteiger partial charge in [-0.2, -0.15) is 0 Å². The summed E-state index contributed by atoms with van der Waals surface area (Å²) in [7, 11) is -9.92. The van der Waals surface area contributed by atoms with E-state index in [2.05, 4.69) is 34.6 Å². The van der Waals surface area contributed by atoms with Crippen molar-refractivity contribution in [3.8, 4) is 0 Å². The number of aliphatic hydroxyl groups excluding tert-OH is 1. The Morgan fingerprint density at radius 2 is 0.451 bits per heavy atom. The molecule has 0 aliphatic carbocycles. The van der Waals surface area contributed by atoms with Crippen LogP contribution in [-0.4, -0.2) is 96.7 Å². The van der Waals surface area contributed by atoms with Gasteiger partial charge in [-0.3, -0.25) is 37.3 Å². The summed E-state index contributed by atoms with van der Waals surface area (Å²) < 4.78 is 68.8. The van der Waals surface area contributed by atoms with E-state index < -0.39 is 97.5 Å². The Kier molecular flexibility index (Phi) is 74.4. The van der Waals surface area contributed by atoms with Crippen molar-refractivity contribution in [2.45, 2.75) is 464 Å². The number of esters is 4. The number of ether oxygens (including phenoxy) is 4. The predicted molar refractivity (Wildman–Crippen MR) is 418 cm³/mol. The van der Waals surface area contributed by atoms with Crippen molar-refractivity contribution in [1.29, 1.82) is 0 Å². The predicted octanol–water partition coefficient (Wildman–Crippen LogP) is 25.2. The minimum atomic E-state index is -4.96. The number of aliphatic hydroxyl groups is 1. The molecule has 606 valence electrons. The van der Waals surface area contributed by atoms with Crippen LogP contribution in [0.15, 0.2) is 0 Å². The Morgan fingerprint density at radius 3 is 0.667 bits per heavy atom. The first kappa shape index (κ1) is 100. The third-order valence-electron chi connectivity index (χ3n) is 19.5. The molecule has 0 amide bonds. The van der Waals surface area contributed by atoms with Crippen LogP contribution in [0.2, 0.25) is 0 Å². The lowest BCUT2D eigenvalue weighted by Crippen LogP contribution is -2.30. The van der Waals surface area contributed by atoms with E-state index in [0.29, 0.717) is 25.7 Å². The summed E-state index contributed by atoms with van der Waals surface area (Å²) in [4.78, 5) is 73.2. The van der Waals surface area contributed by atoms with Gasteiger partial charge in [0.1, 0.15) is 19.3 Å². The molecular formula is C83H162O17P2. The third kappa shape index (κ3) is 76.3. The lowest BCUT2D eigenvalue weighted by Gasteiger charge is -2.21. The number of carbonyl (C=O) groups excluding carboxylic acids is 4. The molecule has 2 unspecified atom stereocenters. The summed E-state index contributed by atoms with van der Waals surface area (Å²) in [5, 5.41) is 10.7. The number of phosphoric ester groups is 2. The smallest absolute Gasteiger partial charge is 0.462 e. The standard InChI is InChI=1S/C83H162O17P2/c1-6-9-12-15-18-21-24-27-29-30-31-32-39-44-49-54-59-64-69-83(88)100-79(73-94-81(86)67-62-57-52-47-42-38-34-33-36-40-45-50-55-60-65-76(4)5)75-98-102(91,92)96-71-77(84)70-95-101(89,90)97-74-78(72-93-80(85)66-61-56-51-46-41-35-26-23-20-17-14-11-8-3)99-82(87)68-63-58-53-48-43-37-28-25-22-19-16-13-10-7-2/h76-79,84H,6-75H2,1-5H3,(H,89,90)(H,91,92)/t77-,78+,79+/m0/s1. The monoisotopic (exact) mass is 1490 g/mol. The molecule has 0 saturated heterocycles. The number of hydrogen-bond acceptors (Lipinski definition) is 15. The van der Waals surface area contributed by atoms with Crippen molar-refractivity contribution in [1.82, 2.24) is 0 Å². The van der Waals surface area contributed by atoms with Gasteiger partial charge in [-0.25, -0.2) is 9.13 Å². The van der Waals surface area contributed by atoms with Crippen molar-refractivity contribution < 1.29 is 80.2 Å². The van der Waals surface area contributed by atoms with Gasteiger partial charge in [-0.05, 0) is 31.6 Å². The molecule has 0 fully saturated rings. The quantitative estimate of drug-likeness (QED) is 0.0222. The molecule has 0 aliphatic rings. The van der Waals surface area contributed by atoms with Crippen LogP contribution < -0.4 is 0 Å². The molecule has 0 bridgehead atoms. The number of hydrogen-bond donors (Lipinski definition) is 3. The second kappa shape index (κ2) is 75.9. The number of phosphoric acid groups is 2. The Morgan fingerprint density at radius 1 is 0.265 bits per heavy atom. The fourth-order valence-electron chi connectivity index (χ4n) is 12.9. The summed E-state index contributed by atoms with van der Waals surface area (Å²) in [6.07, 6.45) is 67.8. The van der Waals surface area contributed by atoms with E-state index in [9.17, 15) is 43.2 Å². The molecule has 17 nitrogen and oxygen atoms in total. The Bertz CT molecular complexity index is 1940. The van der Waals surface area contributed by atoms with Gasteiger partial charge in [-0.15, -0.1) is 0 Å². The van der Waals surface area contributed by atoms with Crippen LogP contribution in [0.4, 0.5) is 0 Å². The molecule has 5 atom stereocenters. The van der Waals surface area contributed by atoms with Crippen LogP contribution in [0, 0.1) is 5.92 Å². The molecule has 0 spiro atoms. The van der Waals surface area contributed by atoms with Crippen LogP contribution in [0.3, 0.4) is 0 Å². The molecule has 0 radical (unpaired) electrons. The third-order valence-corrected chi connectivity index (χ3v) is 21.4. The fraction of sp³-hybridized carbons (Fsp3) is 0.952. The Labute approximate surface area is 626 Å². The molecule has 0 aromatic heterocycles. The zero-order chi connectivity index (χ0) is 74.8. The molecule has 19 heteroatoms. The summed E-state index contributed by atoms with van der Waals surface area (Å²) in [6, 6.07) is 0. The molecule has 0 aromatic carbocycles. The highest BCUT2D eigenvalue weighted by atomic mass is 31.2. The SMILES string of the molecule is CCCCCCCCCCCCCCCCCCCCC(=O)O[C@H](COC(=O)CCCCCCCCCCCCCCCCC(C)C)COP(=O)(O)OC[C@@H](O)COP(=O)(O)OC[C@@H](COC(=O)CCCCCCCCCCCCCCC)OC(=O)CCCCCCCCCCCCCCCC. The van der Waals surface area contributed by atoms with Crippen molar-refractivity contribution in [2.24, 2.45) is 5.92 Å². The maximum atomic E-state index is 13.1. The maximum absolute atomic E-state index is 13.1.